The van der Waals surface area contributed by atoms with E-state index in [0.29, 0.717) is 29.8 Å². The summed E-state index contributed by atoms with van der Waals surface area (Å²) >= 11 is 7.35. The van der Waals surface area contributed by atoms with E-state index in [9.17, 15) is 14.3 Å². The van der Waals surface area contributed by atoms with Crippen LogP contribution in [0, 0.1) is 5.82 Å². The number of piperazine rings is 1. The van der Waals surface area contributed by atoms with Crippen molar-refractivity contribution in [2.45, 2.75) is 19.1 Å². The van der Waals surface area contributed by atoms with Crippen LogP contribution in [0.1, 0.15) is 18.6 Å². The molecule has 1 aliphatic rings. The maximum absolute atomic E-state index is 14.5. The number of benzene rings is 1. The van der Waals surface area contributed by atoms with Crippen molar-refractivity contribution < 1.29 is 19.4 Å². The smallest absolute Gasteiger partial charge is 0.324 e. The molecule has 0 radical (unpaired) electrons. The minimum Gasteiger partial charge on any atom is -0.393 e. The van der Waals surface area contributed by atoms with Gasteiger partial charge in [-0.05, 0) is 31.2 Å². The molecule has 0 aliphatic carbocycles. The average Bonchev–Trinajstić information content (AvgIpc) is 3.14. The zero-order valence-electron chi connectivity index (χ0n) is 16.6. The van der Waals surface area contributed by atoms with Crippen molar-refractivity contribution in [2.24, 2.45) is 0 Å². The molecule has 2 atom stereocenters. The lowest BCUT2D eigenvalue weighted by Gasteiger charge is -2.40. The summed E-state index contributed by atoms with van der Waals surface area (Å²) in [5.41, 5.74) is 0.978. The number of aliphatic hydroxyl groups is 2. The predicted octanol–water partition coefficient (Wildman–Crippen LogP) is 3.25. The zero-order valence-corrected chi connectivity index (χ0v) is 18.2. The third-order valence-corrected chi connectivity index (χ3v) is 6.32. The molecule has 4 rings (SSSR count). The van der Waals surface area contributed by atoms with E-state index >= 15 is 0 Å². The number of nitrogens with one attached hydrogen (secondary N) is 1. The normalized spacial score (nSPS) is 17.8. The minimum absolute atomic E-state index is 0.156. The standard InChI is InChI=1S/C20H21ClFN5O3S/c1-11-9-26(18-14(22)6-12(8-23-18)16(29)10-28)4-5-27(11)20(30)25-19-24-15-3-2-13(21)7-17(15)31-19/h2-3,6-8,11,16,28-29H,4-5,9-10H2,1H3,(H,24,25,30)/t11?,16-/m0/s1. The van der Waals surface area contributed by atoms with Gasteiger partial charge in [-0.3, -0.25) is 5.32 Å². The van der Waals surface area contributed by atoms with E-state index in [0.717, 1.165) is 10.2 Å². The molecule has 11 heteroatoms. The molecule has 31 heavy (non-hydrogen) atoms. The highest BCUT2D eigenvalue weighted by molar-refractivity contribution is 7.22. The number of anilines is 2. The van der Waals surface area contributed by atoms with Gasteiger partial charge in [0.05, 0.1) is 16.8 Å². The van der Waals surface area contributed by atoms with E-state index < -0.39 is 18.5 Å². The number of hydrogen-bond acceptors (Lipinski definition) is 7. The summed E-state index contributed by atoms with van der Waals surface area (Å²) in [6.45, 7) is 2.55. The van der Waals surface area contributed by atoms with Gasteiger partial charge in [-0.1, -0.05) is 22.9 Å². The molecule has 1 unspecified atom stereocenters. The first kappa shape index (κ1) is 21.7. The highest BCUT2D eigenvalue weighted by Gasteiger charge is 2.30. The number of thiazole rings is 1. The van der Waals surface area contributed by atoms with Gasteiger partial charge in [-0.2, -0.15) is 0 Å². The maximum Gasteiger partial charge on any atom is 0.324 e. The molecule has 2 amide bonds. The van der Waals surface area contributed by atoms with Gasteiger partial charge in [-0.15, -0.1) is 0 Å². The molecule has 3 aromatic rings. The molecule has 164 valence electrons. The fraction of sp³-hybridized carbons (Fsp3) is 0.350. The molecule has 0 spiro atoms. The van der Waals surface area contributed by atoms with Gasteiger partial charge in [0.15, 0.2) is 16.8 Å². The Bertz CT molecular complexity index is 1110. The second kappa shape index (κ2) is 8.91. The molecule has 8 nitrogen and oxygen atoms in total. The van der Waals surface area contributed by atoms with Gasteiger partial charge in [0, 0.05) is 42.5 Å². The van der Waals surface area contributed by atoms with Crippen LogP contribution in [0.15, 0.2) is 30.5 Å². The molecule has 0 bridgehead atoms. The molecule has 1 fully saturated rings. The average molecular weight is 466 g/mol. The maximum atomic E-state index is 14.5. The Balaban J connectivity index is 1.42. The lowest BCUT2D eigenvalue weighted by Crippen LogP contribution is -2.55. The van der Waals surface area contributed by atoms with Crippen LogP contribution in [0.3, 0.4) is 0 Å². The molecule has 1 aromatic carbocycles. The zero-order chi connectivity index (χ0) is 22.1. The van der Waals surface area contributed by atoms with E-state index in [1.165, 1.54) is 23.6 Å². The van der Waals surface area contributed by atoms with E-state index in [4.69, 9.17) is 16.7 Å². The van der Waals surface area contributed by atoms with Crippen LogP contribution in [0.5, 0.6) is 0 Å². The number of hydrogen-bond donors (Lipinski definition) is 3. The predicted molar refractivity (Wildman–Crippen MR) is 118 cm³/mol. The van der Waals surface area contributed by atoms with Crippen LogP contribution in [0.25, 0.3) is 10.2 Å². The number of pyridine rings is 1. The summed E-state index contributed by atoms with van der Waals surface area (Å²) in [6.07, 6.45) is 0.177. The van der Waals surface area contributed by atoms with Gasteiger partial charge >= 0.3 is 6.03 Å². The Morgan fingerprint density at radius 2 is 2.23 bits per heavy atom. The number of urea groups is 1. The van der Waals surface area contributed by atoms with Gasteiger partial charge in [0.25, 0.3) is 0 Å². The first-order valence-electron chi connectivity index (χ1n) is 9.68. The van der Waals surface area contributed by atoms with Gasteiger partial charge < -0.3 is 20.0 Å². The van der Waals surface area contributed by atoms with Crippen LogP contribution < -0.4 is 10.2 Å². The van der Waals surface area contributed by atoms with E-state index in [1.54, 1.807) is 28.0 Å². The lowest BCUT2D eigenvalue weighted by atomic mass is 10.1. The third-order valence-electron chi connectivity index (χ3n) is 5.15. The molecule has 1 saturated heterocycles. The third kappa shape index (κ3) is 4.57. The fourth-order valence-corrected chi connectivity index (χ4v) is 4.66. The highest BCUT2D eigenvalue weighted by atomic mass is 35.5. The monoisotopic (exact) mass is 465 g/mol. The fourth-order valence-electron chi connectivity index (χ4n) is 3.53. The summed E-state index contributed by atoms with van der Waals surface area (Å²) in [5, 5.41) is 22.6. The molecule has 1 aliphatic heterocycles. The molecular weight excluding hydrogens is 445 g/mol. The van der Waals surface area contributed by atoms with Crippen molar-refractivity contribution >= 4 is 50.1 Å². The van der Waals surface area contributed by atoms with Crippen LogP contribution in [0.4, 0.5) is 20.1 Å². The van der Waals surface area contributed by atoms with Gasteiger partial charge in [0.1, 0.15) is 6.10 Å². The van der Waals surface area contributed by atoms with E-state index in [2.05, 4.69) is 15.3 Å². The number of rotatable bonds is 4. The SMILES string of the molecule is CC1CN(c2ncc([C@@H](O)CO)cc2F)CCN1C(=O)Nc1nc2ccc(Cl)cc2s1. The Labute approximate surface area is 186 Å². The number of nitrogens with zero attached hydrogens (tertiary/aromatic N) is 4. The first-order valence-corrected chi connectivity index (χ1v) is 10.9. The highest BCUT2D eigenvalue weighted by Crippen LogP contribution is 2.29. The van der Waals surface area contributed by atoms with Crippen molar-refractivity contribution in [3.63, 3.8) is 0 Å². The van der Waals surface area contributed by atoms with Crippen molar-refractivity contribution in [3.05, 3.63) is 46.9 Å². The van der Waals surface area contributed by atoms with Crippen molar-refractivity contribution in [2.75, 3.05) is 36.5 Å². The molecule has 3 N–H and O–H groups in total. The van der Waals surface area contributed by atoms with Crippen LogP contribution in [-0.2, 0) is 0 Å². The van der Waals surface area contributed by atoms with Crippen molar-refractivity contribution in [3.8, 4) is 0 Å². The number of halogens is 2. The quantitative estimate of drug-likeness (QED) is 0.546. The second-order valence-corrected chi connectivity index (χ2v) is 8.79. The van der Waals surface area contributed by atoms with Gasteiger partial charge in [0.2, 0.25) is 0 Å². The Hall–Kier alpha value is -2.53. The molecule has 2 aromatic heterocycles. The summed E-state index contributed by atoms with van der Waals surface area (Å²) in [7, 11) is 0. The largest absolute Gasteiger partial charge is 0.393 e. The molecule has 0 saturated carbocycles. The Morgan fingerprint density at radius 3 is 2.94 bits per heavy atom. The first-order chi connectivity index (χ1) is 14.9. The second-order valence-electron chi connectivity index (χ2n) is 7.32. The van der Waals surface area contributed by atoms with Crippen LogP contribution >= 0.6 is 22.9 Å². The number of carbonyl (C=O) groups excluding carboxylic acids is 1. The van der Waals surface area contributed by atoms with Crippen LogP contribution in [-0.4, -0.2) is 63.4 Å². The minimum atomic E-state index is -1.17. The Kier molecular flexibility index (Phi) is 6.24. The van der Waals surface area contributed by atoms with Crippen molar-refractivity contribution in [1.82, 2.24) is 14.9 Å². The summed E-state index contributed by atoms with van der Waals surface area (Å²) < 4.78 is 15.4. The van der Waals surface area contributed by atoms with Gasteiger partial charge in [-0.25, -0.2) is 19.2 Å². The number of aromatic nitrogens is 2. The number of aliphatic hydroxyl groups excluding tert-OH is 2. The number of amides is 2. The number of carbonyl (C=O) groups is 1. The summed E-state index contributed by atoms with van der Waals surface area (Å²) in [4.78, 5) is 24.7. The van der Waals surface area contributed by atoms with Crippen molar-refractivity contribution in [1.29, 1.82) is 0 Å². The molecule has 3 heterocycles. The van der Waals surface area contributed by atoms with Crippen LogP contribution in [0.2, 0.25) is 5.02 Å². The van der Waals surface area contributed by atoms with E-state index in [-0.39, 0.29) is 23.5 Å². The van der Waals surface area contributed by atoms with E-state index in [1.807, 2.05) is 6.92 Å². The summed E-state index contributed by atoms with van der Waals surface area (Å²) in [5.74, 6) is -0.424. The number of fused-ring (bicyclic) bond motifs is 1. The lowest BCUT2D eigenvalue weighted by molar-refractivity contribution is 0.0951. The summed E-state index contributed by atoms with van der Waals surface area (Å²) in [6, 6.07) is 6.07. The topological polar surface area (TPSA) is 102 Å². The molecular formula is C20H21ClFN5O3S. The Morgan fingerprint density at radius 1 is 1.42 bits per heavy atom.